The van der Waals surface area contributed by atoms with E-state index in [4.69, 9.17) is 9.97 Å². The standard InChI is InChI=1S/C27H20N4/c1-2-4-19(5-3-1)18-31-26-12-13-27(31)17-25-11-9-23(30-25)15-21-7-6-20(28-21)14-22-8-10-24(16-26)29-22/h1-17,28H,18H2. The highest BCUT2D eigenvalue weighted by Crippen LogP contribution is 2.20. The van der Waals surface area contributed by atoms with Crippen molar-refractivity contribution < 1.29 is 0 Å². The molecule has 1 N–H and O–H groups in total. The largest absolute Gasteiger partial charge is 0.355 e. The van der Waals surface area contributed by atoms with E-state index in [1.165, 1.54) is 5.56 Å². The van der Waals surface area contributed by atoms with Crippen molar-refractivity contribution in [1.82, 2.24) is 19.5 Å². The molecule has 0 saturated heterocycles. The first kappa shape index (κ1) is 17.7. The summed E-state index contributed by atoms with van der Waals surface area (Å²) >= 11 is 0. The van der Waals surface area contributed by atoms with E-state index in [1.807, 2.05) is 6.07 Å². The Morgan fingerprint density at radius 1 is 0.581 bits per heavy atom. The maximum absolute atomic E-state index is 4.79. The van der Waals surface area contributed by atoms with Crippen LogP contribution in [0.5, 0.6) is 0 Å². The molecular weight excluding hydrogens is 380 g/mol. The zero-order chi connectivity index (χ0) is 20.6. The van der Waals surface area contributed by atoms with Crippen LogP contribution in [0.1, 0.15) is 28.3 Å². The summed E-state index contributed by atoms with van der Waals surface area (Å²) in [5.74, 6) is 0. The van der Waals surface area contributed by atoms with Gasteiger partial charge >= 0.3 is 0 Å². The third-order valence-electron chi connectivity index (χ3n) is 5.53. The van der Waals surface area contributed by atoms with Crippen molar-refractivity contribution in [3.63, 3.8) is 0 Å². The predicted octanol–water partition coefficient (Wildman–Crippen LogP) is 6.18. The van der Waals surface area contributed by atoms with Gasteiger partial charge < -0.3 is 9.55 Å². The first-order valence-corrected chi connectivity index (χ1v) is 10.4. The minimum Gasteiger partial charge on any atom is -0.355 e. The lowest BCUT2D eigenvalue weighted by molar-refractivity contribution is 0.866. The predicted molar refractivity (Wildman–Crippen MR) is 128 cm³/mol. The fourth-order valence-corrected chi connectivity index (χ4v) is 4.03. The average molecular weight is 400 g/mol. The SMILES string of the molecule is C1=Cc2cc3ccc(cc4nc(cc5ccc(cc1n2)[nH]5)C=C4)n3Cc1ccccc1. The molecule has 3 aromatic heterocycles. The molecule has 0 radical (unpaired) electrons. The van der Waals surface area contributed by atoms with Gasteiger partial charge in [-0.15, -0.1) is 0 Å². The molecule has 148 valence electrons. The molecule has 0 aliphatic carbocycles. The summed E-state index contributed by atoms with van der Waals surface area (Å²) in [4.78, 5) is 13.0. The highest BCUT2D eigenvalue weighted by atomic mass is 15.0. The topological polar surface area (TPSA) is 46.5 Å². The van der Waals surface area contributed by atoms with E-state index in [-0.39, 0.29) is 0 Å². The fraction of sp³-hybridized carbons (Fsp3) is 0.0370. The van der Waals surface area contributed by atoms with Gasteiger partial charge in [0.15, 0.2) is 0 Å². The summed E-state index contributed by atoms with van der Waals surface area (Å²) in [6, 6.07) is 27.4. The number of hydrogen-bond acceptors (Lipinski definition) is 2. The summed E-state index contributed by atoms with van der Waals surface area (Å²) in [6.07, 6.45) is 8.23. The van der Waals surface area contributed by atoms with Gasteiger partial charge in [-0.1, -0.05) is 30.3 Å². The Kier molecular flexibility index (Phi) is 4.13. The van der Waals surface area contributed by atoms with Gasteiger partial charge in [0.1, 0.15) is 0 Å². The van der Waals surface area contributed by atoms with Gasteiger partial charge in [-0.05, 0) is 78.4 Å². The quantitative estimate of drug-likeness (QED) is 0.377. The van der Waals surface area contributed by atoms with Gasteiger partial charge in [0.25, 0.3) is 0 Å². The number of nitrogens with zero attached hydrogens (tertiary/aromatic N) is 3. The average Bonchev–Trinajstić information content (AvgIpc) is 3.56. The second kappa shape index (κ2) is 7.26. The molecule has 31 heavy (non-hydrogen) atoms. The van der Waals surface area contributed by atoms with Crippen LogP contribution in [0.2, 0.25) is 0 Å². The van der Waals surface area contributed by atoms with Crippen LogP contribution in [0.15, 0.2) is 78.9 Å². The normalized spacial score (nSPS) is 12.4. The molecule has 4 heteroatoms. The summed E-state index contributed by atoms with van der Waals surface area (Å²) in [7, 11) is 0. The lowest BCUT2D eigenvalue weighted by Crippen LogP contribution is -1.98. The molecule has 4 aromatic rings. The summed E-state index contributed by atoms with van der Waals surface area (Å²) < 4.78 is 2.31. The van der Waals surface area contributed by atoms with Crippen LogP contribution in [-0.4, -0.2) is 19.5 Å². The molecule has 0 fully saturated rings. The van der Waals surface area contributed by atoms with Crippen LogP contribution in [0.25, 0.3) is 46.4 Å². The van der Waals surface area contributed by atoms with E-state index in [9.17, 15) is 0 Å². The molecule has 4 nitrogen and oxygen atoms in total. The molecule has 5 heterocycles. The van der Waals surface area contributed by atoms with Crippen LogP contribution in [0.3, 0.4) is 0 Å². The first-order valence-electron chi connectivity index (χ1n) is 10.4. The van der Waals surface area contributed by atoms with Gasteiger partial charge in [-0.2, -0.15) is 0 Å². The van der Waals surface area contributed by atoms with Crippen molar-refractivity contribution in [3.05, 3.63) is 107 Å². The lowest BCUT2D eigenvalue weighted by atomic mass is 10.2. The first-order chi connectivity index (χ1) is 15.3. The maximum Gasteiger partial charge on any atom is 0.0658 e. The molecule has 0 saturated carbocycles. The fourth-order valence-electron chi connectivity index (χ4n) is 4.03. The third kappa shape index (κ3) is 3.60. The molecule has 2 aliphatic heterocycles. The maximum atomic E-state index is 4.79. The second-order valence-electron chi connectivity index (χ2n) is 7.79. The lowest BCUT2D eigenvalue weighted by Gasteiger charge is -2.07. The summed E-state index contributed by atoms with van der Waals surface area (Å²) in [6.45, 7) is 0.786. The number of hydrogen-bond donors (Lipinski definition) is 1. The highest BCUT2D eigenvalue weighted by Gasteiger charge is 2.05. The number of rotatable bonds is 2. The Morgan fingerprint density at radius 2 is 1.10 bits per heavy atom. The smallest absolute Gasteiger partial charge is 0.0658 e. The highest BCUT2D eigenvalue weighted by molar-refractivity contribution is 5.77. The molecule has 0 amide bonds. The van der Waals surface area contributed by atoms with Crippen LogP contribution >= 0.6 is 0 Å². The number of nitrogens with one attached hydrogen (secondary N) is 1. The van der Waals surface area contributed by atoms with Gasteiger partial charge in [-0.3, -0.25) is 0 Å². The summed E-state index contributed by atoms with van der Waals surface area (Å²) in [5, 5.41) is 0. The second-order valence-corrected chi connectivity index (χ2v) is 7.79. The van der Waals surface area contributed by atoms with Crippen molar-refractivity contribution >= 4 is 46.4 Å². The van der Waals surface area contributed by atoms with Gasteiger partial charge in [0.05, 0.1) is 22.8 Å². The van der Waals surface area contributed by atoms with Gasteiger partial charge in [-0.25, -0.2) is 9.97 Å². The van der Waals surface area contributed by atoms with Crippen LogP contribution in [0, 0.1) is 0 Å². The van der Waals surface area contributed by atoms with E-state index in [0.717, 1.165) is 51.4 Å². The Balaban J connectivity index is 1.64. The number of aromatic amines is 1. The Morgan fingerprint density at radius 3 is 1.65 bits per heavy atom. The van der Waals surface area contributed by atoms with E-state index in [2.05, 4.69) is 107 Å². The molecule has 2 aliphatic rings. The number of benzene rings is 1. The van der Waals surface area contributed by atoms with Crippen LogP contribution in [0.4, 0.5) is 0 Å². The van der Waals surface area contributed by atoms with E-state index >= 15 is 0 Å². The zero-order valence-corrected chi connectivity index (χ0v) is 16.9. The number of aromatic nitrogens is 4. The van der Waals surface area contributed by atoms with Crippen LogP contribution in [-0.2, 0) is 6.54 Å². The third-order valence-corrected chi connectivity index (χ3v) is 5.53. The number of H-pyrrole nitrogens is 1. The van der Waals surface area contributed by atoms with Gasteiger partial charge in [0, 0.05) is 28.6 Å². The molecule has 0 spiro atoms. The van der Waals surface area contributed by atoms with Gasteiger partial charge in [0.2, 0.25) is 0 Å². The number of fused-ring (bicyclic) bond motifs is 8. The van der Waals surface area contributed by atoms with E-state index in [0.29, 0.717) is 0 Å². The van der Waals surface area contributed by atoms with Crippen molar-refractivity contribution in [2.45, 2.75) is 6.54 Å². The molecular formula is C27H20N4. The minimum absolute atomic E-state index is 0.786. The van der Waals surface area contributed by atoms with Crippen LogP contribution < -0.4 is 0 Å². The van der Waals surface area contributed by atoms with E-state index in [1.54, 1.807) is 0 Å². The Hall–Kier alpha value is -4.18. The Labute approximate surface area is 179 Å². The molecule has 8 bridgehead atoms. The zero-order valence-electron chi connectivity index (χ0n) is 16.9. The van der Waals surface area contributed by atoms with E-state index < -0.39 is 0 Å². The monoisotopic (exact) mass is 400 g/mol. The molecule has 1 aromatic carbocycles. The van der Waals surface area contributed by atoms with Crippen molar-refractivity contribution in [3.8, 4) is 0 Å². The minimum atomic E-state index is 0.786. The molecule has 0 unspecified atom stereocenters. The van der Waals surface area contributed by atoms with Crippen molar-refractivity contribution in [2.75, 3.05) is 0 Å². The summed E-state index contributed by atoms with van der Waals surface area (Å²) in [5.41, 5.74) is 9.32. The molecule has 6 rings (SSSR count). The molecule has 0 atom stereocenters. The Bertz CT molecular complexity index is 1410. The van der Waals surface area contributed by atoms with Crippen molar-refractivity contribution in [2.24, 2.45) is 0 Å². The van der Waals surface area contributed by atoms with Crippen molar-refractivity contribution in [1.29, 1.82) is 0 Å².